The molecule has 0 aliphatic carbocycles. The van der Waals surface area contributed by atoms with E-state index >= 15 is 0 Å². The van der Waals surface area contributed by atoms with E-state index in [1.807, 2.05) is 32.0 Å². The van der Waals surface area contributed by atoms with Crippen molar-refractivity contribution in [3.63, 3.8) is 0 Å². The minimum absolute atomic E-state index is 0.0867. The van der Waals surface area contributed by atoms with Crippen LogP contribution in [0.5, 0.6) is 5.75 Å². The van der Waals surface area contributed by atoms with Crippen LogP contribution in [0.3, 0.4) is 0 Å². The van der Waals surface area contributed by atoms with Crippen LogP contribution in [0, 0.1) is 12.8 Å². The second kappa shape index (κ2) is 9.28. The molecule has 2 atom stereocenters. The number of thiophene rings is 1. The number of carbonyl (C=O) groups is 1. The first-order chi connectivity index (χ1) is 13.9. The minimum Gasteiger partial charge on any atom is -0.496 e. The molecule has 29 heavy (non-hydrogen) atoms. The SMILES string of the molecule is CC[C@H](NC(=O)[C@@H]1CCCN(S(=O)(=O)c2cccs2)C1)c1ccc(OC)c(C)c1. The van der Waals surface area contributed by atoms with Gasteiger partial charge in [0.25, 0.3) is 10.0 Å². The van der Waals surface area contributed by atoms with E-state index in [2.05, 4.69) is 5.32 Å². The molecule has 3 rings (SSSR count). The first-order valence-corrected chi connectivity index (χ1v) is 12.2. The molecule has 2 heterocycles. The van der Waals surface area contributed by atoms with Crippen molar-refractivity contribution >= 4 is 27.3 Å². The summed E-state index contributed by atoms with van der Waals surface area (Å²) in [6.45, 7) is 4.69. The average Bonchev–Trinajstić information content (AvgIpc) is 3.27. The Morgan fingerprint density at radius 1 is 1.38 bits per heavy atom. The fraction of sp³-hybridized carbons (Fsp3) is 0.476. The highest BCUT2D eigenvalue weighted by molar-refractivity contribution is 7.91. The number of nitrogens with one attached hydrogen (secondary N) is 1. The zero-order valence-electron chi connectivity index (χ0n) is 17.1. The smallest absolute Gasteiger partial charge is 0.252 e. The maximum Gasteiger partial charge on any atom is 0.252 e. The van der Waals surface area contributed by atoms with Crippen molar-refractivity contribution in [1.82, 2.24) is 9.62 Å². The molecule has 0 unspecified atom stereocenters. The van der Waals surface area contributed by atoms with Crippen molar-refractivity contribution in [1.29, 1.82) is 0 Å². The van der Waals surface area contributed by atoms with Crippen molar-refractivity contribution < 1.29 is 17.9 Å². The van der Waals surface area contributed by atoms with Crippen LogP contribution in [0.15, 0.2) is 39.9 Å². The number of rotatable bonds is 7. The van der Waals surface area contributed by atoms with Crippen molar-refractivity contribution in [2.24, 2.45) is 5.92 Å². The van der Waals surface area contributed by atoms with E-state index in [9.17, 15) is 13.2 Å². The highest BCUT2D eigenvalue weighted by atomic mass is 32.2. The second-order valence-electron chi connectivity index (χ2n) is 7.33. The van der Waals surface area contributed by atoms with Crippen LogP contribution < -0.4 is 10.1 Å². The van der Waals surface area contributed by atoms with Crippen LogP contribution in [-0.4, -0.2) is 38.8 Å². The zero-order chi connectivity index (χ0) is 21.0. The number of hydrogen-bond acceptors (Lipinski definition) is 5. The van der Waals surface area contributed by atoms with Gasteiger partial charge in [0.1, 0.15) is 9.96 Å². The maximum absolute atomic E-state index is 13.0. The predicted octanol–water partition coefficient (Wildman–Crippen LogP) is 3.73. The van der Waals surface area contributed by atoms with Crippen LogP contribution >= 0.6 is 11.3 Å². The van der Waals surface area contributed by atoms with Gasteiger partial charge in [0.15, 0.2) is 0 Å². The van der Waals surface area contributed by atoms with E-state index in [1.54, 1.807) is 24.6 Å². The van der Waals surface area contributed by atoms with Gasteiger partial charge < -0.3 is 10.1 Å². The summed E-state index contributed by atoms with van der Waals surface area (Å²) < 4.78 is 32.7. The summed E-state index contributed by atoms with van der Waals surface area (Å²) in [5.41, 5.74) is 2.04. The summed E-state index contributed by atoms with van der Waals surface area (Å²) in [5, 5.41) is 4.88. The van der Waals surface area contributed by atoms with Gasteiger partial charge in [-0.1, -0.05) is 25.1 Å². The molecule has 1 saturated heterocycles. The summed E-state index contributed by atoms with van der Waals surface area (Å²) in [6.07, 6.45) is 2.13. The van der Waals surface area contributed by atoms with Gasteiger partial charge in [0.05, 0.1) is 19.1 Å². The Kier molecular flexibility index (Phi) is 6.97. The van der Waals surface area contributed by atoms with Crippen LogP contribution in [0.25, 0.3) is 0 Å². The maximum atomic E-state index is 13.0. The number of carbonyl (C=O) groups excluding carboxylic acids is 1. The van der Waals surface area contributed by atoms with Gasteiger partial charge in [-0.25, -0.2) is 8.42 Å². The number of aryl methyl sites for hydroxylation is 1. The number of amides is 1. The molecule has 1 aromatic carbocycles. The highest BCUT2D eigenvalue weighted by Crippen LogP contribution is 2.28. The van der Waals surface area contributed by atoms with Gasteiger partial charge >= 0.3 is 0 Å². The Labute approximate surface area is 176 Å². The first-order valence-electron chi connectivity index (χ1n) is 9.85. The Bertz CT molecular complexity index is 942. The lowest BCUT2D eigenvalue weighted by Gasteiger charge is -2.32. The van der Waals surface area contributed by atoms with Crippen molar-refractivity contribution in [3.05, 3.63) is 46.8 Å². The van der Waals surface area contributed by atoms with E-state index in [4.69, 9.17) is 4.74 Å². The third kappa shape index (κ3) is 4.82. The third-order valence-electron chi connectivity index (χ3n) is 5.39. The van der Waals surface area contributed by atoms with Gasteiger partial charge in [0.2, 0.25) is 5.91 Å². The molecule has 8 heteroatoms. The lowest BCUT2D eigenvalue weighted by molar-refractivity contribution is -0.126. The molecule has 0 bridgehead atoms. The summed E-state index contributed by atoms with van der Waals surface area (Å²) in [5.74, 6) is 0.389. The molecular weight excluding hydrogens is 408 g/mol. The van der Waals surface area contributed by atoms with Gasteiger partial charge in [-0.05, 0) is 54.8 Å². The molecule has 1 aliphatic heterocycles. The lowest BCUT2D eigenvalue weighted by atomic mass is 9.96. The summed E-state index contributed by atoms with van der Waals surface area (Å²) in [7, 11) is -1.89. The van der Waals surface area contributed by atoms with Gasteiger partial charge in [-0.2, -0.15) is 4.31 Å². The van der Waals surface area contributed by atoms with Gasteiger partial charge in [-0.3, -0.25) is 4.79 Å². The van der Waals surface area contributed by atoms with Crippen LogP contribution in [0.1, 0.15) is 43.4 Å². The fourth-order valence-electron chi connectivity index (χ4n) is 3.74. The Hall–Kier alpha value is -1.90. The monoisotopic (exact) mass is 436 g/mol. The molecule has 1 N–H and O–H groups in total. The Balaban J connectivity index is 1.70. The third-order valence-corrected chi connectivity index (χ3v) is 8.63. The second-order valence-corrected chi connectivity index (χ2v) is 10.4. The van der Waals surface area contributed by atoms with Crippen molar-refractivity contribution in [2.45, 2.75) is 43.4 Å². The largest absolute Gasteiger partial charge is 0.496 e. The van der Waals surface area contributed by atoms with Crippen LogP contribution in [-0.2, 0) is 14.8 Å². The molecular formula is C21H28N2O4S2. The molecule has 0 spiro atoms. The zero-order valence-corrected chi connectivity index (χ0v) is 18.7. The van der Waals surface area contributed by atoms with E-state index in [0.29, 0.717) is 23.6 Å². The number of nitrogens with zero attached hydrogens (tertiary/aromatic N) is 1. The number of piperidine rings is 1. The fourth-order valence-corrected chi connectivity index (χ4v) is 6.41. The number of sulfonamides is 1. The minimum atomic E-state index is -3.53. The average molecular weight is 437 g/mol. The predicted molar refractivity (Wildman–Crippen MR) is 115 cm³/mol. The molecule has 1 aromatic heterocycles. The topological polar surface area (TPSA) is 75.7 Å². The van der Waals surface area contributed by atoms with Crippen molar-refractivity contribution in [3.8, 4) is 5.75 Å². The summed E-state index contributed by atoms with van der Waals surface area (Å²) in [4.78, 5) is 13.0. The number of hydrogen-bond donors (Lipinski definition) is 1. The van der Waals surface area contributed by atoms with Gasteiger partial charge in [0, 0.05) is 13.1 Å². The standard InChI is InChI=1S/C21H28N2O4S2/c1-4-18(16-9-10-19(27-3)15(2)13-16)22-21(24)17-7-5-11-23(14-17)29(25,26)20-8-6-12-28-20/h6,8-10,12-13,17-18H,4-5,7,11,14H2,1-3H3,(H,22,24)/t17-,18+/m1/s1. The molecule has 0 radical (unpaired) electrons. The summed E-state index contributed by atoms with van der Waals surface area (Å²) >= 11 is 1.21. The van der Waals surface area contributed by atoms with Crippen LogP contribution in [0.2, 0.25) is 0 Å². The van der Waals surface area contributed by atoms with Crippen LogP contribution in [0.4, 0.5) is 0 Å². The van der Waals surface area contributed by atoms with E-state index in [0.717, 1.165) is 23.3 Å². The normalized spacial score (nSPS) is 18.9. The molecule has 2 aromatic rings. The van der Waals surface area contributed by atoms with E-state index in [-0.39, 0.29) is 24.4 Å². The van der Waals surface area contributed by atoms with E-state index < -0.39 is 10.0 Å². The molecule has 1 fully saturated rings. The first kappa shape index (κ1) is 21.8. The Morgan fingerprint density at radius 3 is 2.79 bits per heavy atom. The highest BCUT2D eigenvalue weighted by Gasteiger charge is 2.34. The van der Waals surface area contributed by atoms with Crippen molar-refractivity contribution in [2.75, 3.05) is 20.2 Å². The number of ether oxygens (including phenoxy) is 1. The molecule has 158 valence electrons. The quantitative estimate of drug-likeness (QED) is 0.718. The molecule has 1 aliphatic rings. The van der Waals surface area contributed by atoms with Gasteiger partial charge in [-0.15, -0.1) is 11.3 Å². The number of benzene rings is 1. The molecule has 0 saturated carbocycles. The van der Waals surface area contributed by atoms with E-state index in [1.165, 1.54) is 15.6 Å². The summed E-state index contributed by atoms with van der Waals surface area (Å²) in [6, 6.07) is 9.14. The number of methoxy groups -OCH3 is 1. The Morgan fingerprint density at radius 2 is 2.17 bits per heavy atom. The molecule has 1 amide bonds. The lowest BCUT2D eigenvalue weighted by Crippen LogP contribution is -2.45. The molecule has 6 nitrogen and oxygen atoms in total.